The molecule has 1 rings (SSSR count). The van der Waals surface area contributed by atoms with E-state index in [1.54, 1.807) is 0 Å². The van der Waals surface area contributed by atoms with Crippen LogP contribution in [0.5, 0.6) is 0 Å². The summed E-state index contributed by atoms with van der Waals surface area (Å²) in [6.45, 7) is 1.63. The number of rotatable bonds is 2. The van der Waals surface area contributed by atoms with Crippen LogP contribution in [0.3, 0.4) is 0 Å². The largest absolute Gasteiger partial charge is 0.480 e. The Kier molecular flexibility index (Phi) is 3.43. The topological polar surface area (TPSA) is 98.7 Å². The maximum Gasteiger partial charge on any atom is 0.320 e. The molecule has 0 aliphatic carbocycles. The predicted molar refractivity (Wildman–Crippen MR) is 47.7 cm³/mol. The van der Waals surface area contributed by atoms with Crippen molar-refractivity contribution in [3.63, 3.8) is 0 Å². The van der Waals surface area contributed by atoms with Crippen molar-refractivity contribution in [3.05, 3.63) is 0 Å². The van der Waals surface area contributed by atoms with Crippen molar-refractivity contribution in [1.29, 1.82) is 0 Å². The molecule has 0 spiro atoms. The molecule has 0 aromatic heterocycles. The summed E-state index contributed by atoms with van der Waals surface area (Å²) in [4.78, 5) is 21.3. The van der Waals surface area contributed by atoms with Crippen LogP contribution in [0.15, 0.2) is 0 Å². The molecule has 1 heterocycles. The first-order chi connectivity index (χ1) is 6.50. The van der Waals surface area contributed by atoms with Crippen LogP contribution in [0.1, 0.15) is 13.3 Å². The second kappa shape index (κ2) is 4.39. The first-order valence-corrected chi connectivity index (χ1v) is 4.42. The number of aliphatic carboxylic acids is 1. The van der Waals surface area contributed by atoms with Crippen LogP contribution in [0.4, 0.5) is 0 Å². The van der Waals surface area contributed by atoms with E-state index in [-0.39, 0.29) is 18.9 Å². The lowest BCUT2D eigenvalue weighted by Gasteiger charge is -2.32. The number of carbonyl (C=O) groups is 2. The van der Waals surface area contributed by atoms with E-state index in [1.165, 1.54) is 6.92 Å². The summed E-state index contributed by atoms with van der Waals surface area (Å²) in [6.07, 6.45) is -0.693. The van der Waals surface area contributed by atoms with Gasteiger partial charge in [0.15, 0.2) is 0 Å². The molecule has 1 aliphatic rings. The fourth-order valence-corrected chi connectivity index (χ4v) is 1.49. The third-order valence-corrected chi connectivity index (χ3v) is 2.21. The maximum absolute atomic E-state index is 10.7. The van der Waals surface area contributed by atoms with Crippen molar-refractivity contribution in [1.82, 2.24) is 10.6 Å². The summed E-state index contributed by atoms with van der Waals surface area (Å²) in [5, 5.41) is 23.5. The quantitative estimate of drug-likeness (QED) is 0.428. The molecule has 1 amide bonds. The zero-order valence-electron chi connectivity index (χ0n) is 7.86. The molecule has 6 nitrogen and oxygen atoms in total. The van der Waals surface area contributed by atoms with Crippen LogP contribution in [0, 0.1) is 0 Å². The molecule has 6 heteroatoms. The number of hydrogen-bond acceptors (Lipinski definition) is 4. The highest BCUT2D eigenvalue weighted by Crippen LogP contribution is 2.09. The standard InChI is InChI=1S/C8H14N2O4/c1-4(11)10-6-3-9-5(8(13)14)2-7(6)12/h5-7,9,12H,2-3H2,1H3,(H,10,11)(H,13,14)/t5-,6-,7+/m0/s1. The monoisotopic (exact) mass is 202 g/mol. The van der Waals surface area contributed by atoms with Gasteiger partial charge in [0.1, 0.15) is 6.04 Å². The van der Waals surface area contributed by atoms with Gasteiger partial charge >= 0.3 is 5.97 Å². The van der Waals surface area contributed by atoms with E-state index >= 15 is 0 Å². The van der Waals surface area contributed by atoms with Crippen LogP contribution in [-0.2, 0) is 9.59 Å². The molecular formula is C8H14N2O4. The van der Waals surface area contributed by atoms with Gasteiger partial charge in [-0.05, 0) is 0 Å². The summed E-state index contributed by atoms with van der Waals surface area (Å²) in [5.41, 5.74) is 0. The number of piperidine rings is 1. The van der Waals surface area contributed by atoms with Crippen molar-refractivity contribution < 1.29 is 19.8 Å². The van der Waals surface area contributed by atoms with E-state index in [9.17, 15) is 14.7 Å². The minimum atomic E-state index is -0.981. The first kappa shape index (κ1) is 10.9. The van der Waals surface area contributed by atoms with Crippen molar-refractivity contribution in [3.8, 4) is 0 Å². The van der Waals surface area contributed by atoms with Crippen molar-refractivity contribution >= 4 is 11.9 Å². The van der Waals surface area contributed by atoms with Gasteiger partial charge in [-0.1, -0.05) is 0 Å². The van der Waals surface area contributed by atoms with Gasteiger partial charge in [-0.2, -0.15) is 0 Å². The average Bonchev–Trinajstić information content (AvgIpc) is 2.07. The van der Waals surface area contributed by atoms with Gasteiger partial charge in [0.2, 0.25) is 5.91 Å². The molecule has 0 bridgehead atoms. The van der Waals surface area contributed by atoms with Gasteiger partial charge in [-0.3, -0.25) is 9.59 Å². The molecular weight excluding hydrogens is 188 g/mol. The molecule has 80 valence electrons. The molecule has 0 aromatic carbocycles. The summed E-state index contributed by atoms with van der Waals surface area (Å²) in [6, 6.07) is -1.13. The van der Waals surface area contributed by atoms with Crippen LogP contribution < -0.4 is 10.6 Å². The minimum Gasteiger partial charge on any atom is -0.480 e. The van der Waals surface area contributed by atoms with Gasteiger partial charge in [-0.25, -0.2) is 0 Å². The van der Waals surface area contributed by atoms with E-state index in [1.807, 2.05) is 0 Å². The Bertz CT molecular complexity index is 243. The Morgan fingerprint density at radius 2 is 2.14 bits per heavy atom. The smallest absolute Gasteiger partial charge is 0.320 e. The summed E-state index contributed by atoms with van der Waals surface area (Å²) >= 11 is 0. The minimum absolute atomic E-state index is 0.111. The maximum atomic E-state index is 10.7. The lowest BCUT2D eigenvalue weighted by Crippen LogP contribution is -2.58. The lowest BCUT2D eigenvalue weighted by molar-refractivity contribution is -0.141. The van der Waals surface area contributed by atoms with Gasteiger partial charge < -0.3 is 20.8 Å². The third kappa shape index (κ3) is 2.68. The fourth-order valence-electron chi connectivity index (χ4n) is 1.49. The van der Waals surface area contributed by atoms with E-state index < -0.39 is 24.2 Å². The molecule has 1 aliphatic heterocycles. The SMILES string of the molecule is CC(=O)N[C@H]1CN[C@H](C(=O)O)C[C@H]1O. The second-order valence-corrected chi connectivity index (χ2v) is 3.41. The summed E-state index contributed by atoms with van der Waals surface area (Å²) in [5.74, 6) is -1.21. The number of amides is 1. The number of carbonyl (C=O) groups excluding carboxylic acids is 1. The van der Waals surface area contributed by atoms with E-state index in [0.29, 0.717) is 0 Å². The number of carboxylic acids is 1. The van der Waals surface area contributed by atoms with Gasteiger partial charge in [0.05, 0.1) is 12.1 Å². The molecule has 0 aromatic rings. The van der Waals surface area contributed by atoms with E-state index in [4.69, 9.17) is 5.11 Å². The third-order valence-electron chi connectivity index (χ3n) is 2.21. The summed E-state index contributed by atoms with van der Waals surface area (Å²) < 4.78 is 0. The molecule has 1 saturated heterocycles. The van der Waals surface area contributed by atoms with Crippen molar-refractivity contribution in [2.45, 2.75) is 31.5 Å². The van der Waals surface area contributed by atoms with Crippen molar-refractivity contribution in [2.75, 3.05) is 6.54 Å². The zero-order chi connectivity index (χ0) is 10.7. The van der Waals surface area contributed by atoms with Crippen LogP contribution in [0.25, 0.3) is 0 Å². The van der Waals surface area contributed by atoms with E-state index in [2.05, 4.69) is 10.6 Å². The summed E-state index contributed by atoms with van der Waals surface area (Å²) in [7, 11) is 0. The Labute approximate surface area is 81.3 Å². The van der Waals surface area contributed by atoms with Crippen LogP contribution >= 0.6 is 0 Å². The molecule has 0 saturated carbocycles. The highest BCUT2D eigenvalue weighted by Gasteiger charge is 2.32. The number of hydrogen-bond donors (Lipinski definition) is 4. The Balaban J connectivity index is 2.47. The molecule has 1 fully saturated rings. The molecule has 4 N–H and O–H groups in total. The number of carboxylic acid groups (broad SMARTS) is 1. The van der Waals surface area contributed by atoms with E-state index in [0.717, 1.165) is 0 Å². The molecule has 14 heavy (non-hydrogen) atoms. The van der Waals surface area contributed by atoms with Crippen LogP contribution in [0.2, 0.25) is 0 Å². The zero-order valence-corrected chi connectivity index (χ0v) is 7.86. The Hall–Kier alpha value is -1.14. The predicted octanol–water partition coefficient (Wildman–Crippen LogP) is -1.70. The second-order valence-electron chi connectivity index (χ2n) is 3.41. The van der Waals surface area contributed by atoms with Crippen LogP contribution in [-0.4, -0.2) is 46.8 Å². The normalized spacial score (nSPS) is 32.3. The molecule has 0 unspecified atom stereocenters. The van der Waals surface area contributed by atoms with Gasteiger partial charge in [-0.15, -0.1) is 0 Å². The number of aliphatic hydroxyl groups is 1. The Morgan fingerprint density at radius 3 is 2.57 bits per heavy atom. The lowest BCUT2D eigenvalue weighted by atomic mass is 9.97. The number of nitrogens with one attached hydrogen (secondary N) is 2. The fraction of sp³-hybridized carbons (Fsp3) is 0.750. The van der Waals surface area contributed by atoms with Gasteiger partial charge in [0, 0.05) is 19.9 Å². The molecule has 3 atom stereocenters. The average molecular weight is 202 g/mol. The Morgan fingerprint density at radius 1 is 1.50 bits per heavy atom. The highest BCUT2D eigenvalue weighted by molar-refractivity contribution is 5.74. The highest BCUT2D eigenvalue weighted by atomic mass is 16.4. The molecule has 0 radical (unpaired) electrons. The number of aliphatic hydroxyl groups excluding tert-OH is 1. The van der Waals surface area contributed by atoms with Gasteiger partial charge in [0.25, 0.3) is 0 Å². The van der Waals surface area contributed by atoms with Crippen molar-refractivity contribution in [2.24, 2.45) is 0 Å². The first-order valence-electron chi connectivity index (χ1n) is 4.42.